The molecule has 0 radical (unpaired) electrons. The summed E-state index contributed by atoms with van der Waals surface area (Å²) in [5.74, 6) is 0.137. The second-order valence-corrected chi connectivity index (χ2v) is 6.48. The third-order valence-corrected chi connectivity index (χ3v) is 4.88. The standard InChI is InChI=1S/C19H23NO5/c1-23-14-6-7-15-13(12-25-16(15)11-14)10-17(21)20-19(18(22)24-2)8-4-3-5-9-19/h6-7,11-12H,3-5,8-10H2,1-2H3,(H,20,21). The first-order valence-electron chi connectivity index (χ1n) is 8.51. The van der Waals surface area contributed by atoms with Crippen LogP contribution in [-0.2, 0) is 20.7 Å². The molecule has 1 fully saturated rings. The quantitative estimate of drug-likeness (QED) is 0.843. The van der Waals surface area contributed by atoms with E-state index in [1.807, 2.05) is 12.1 Å². The molecule has 1 aromatic heterocycles. The fraction of sp³-hybridized carbons (Fsp3) is 0.474. The average molecular weight is 345 g/mol. The van der Waals surface area contributed by atoms with Gasteiger partial charge in [0, 0.05) is 17.0 Å². The molecule has 0 unspecified atom stereocenters. The van der Waals surface area contributed by atoms with Crippen LogP contribution in [0.4, 0.5) is 0 Å². The van der Waals surface area contributed by atoms with E-state index in [-0.39, 0.29) is 18.3 Å². The van der Waals surface area contributed by atoms with Crippen molar-refractivity contribution in [3.05, 3.63) is 30.0 Å². The first kappa shape index (κ1) is 17.3. The van der Waals surface area contributed by atoms with Crippen LogP contribution >= 0.6 is 0 Å². The number of hydrogen-bond acceptors (Lipinski definition) is 5. The van der Waals surface area contributed by atoms with Gasteiger partial charge in [0.15, 0.2) is 0 Å². The minimum atomic E-state index is -0.896. The van der Waals surface area contributed by atoms with Gasteiger partial charge in [-0.05, 0) is 25.0 Å². The van der Waals surface area contributed by atoms with Gasteiger partial charge in [-0.3, -0.25) is 4.79 Å². The van der Waals surface area contributed by atoms with Gasteiger partial charge in [-0.2, -0.15) is 0 Å². The number of ether oxygens (including phenoxy) is 2. The lowest BCUT2D eigenvalue weighted by Crippen LogP contribution is -2.56. The lowest BCUT2D eigenvalue weighted by atomic mass is 9.81. The number of nitrogens with one attached hydrogen (secondary N) is 1. The topological polar surface area (TPSA) is 77.8 Å². The molecule has 0 saturated heterocycles. The smallest absolute Gasteiger partial charge is 0.331 e. The molecular formula is C19H23NO5. The van der Waals surface area contributed by atoms with Gasteiger partial charge < -0.3 is 19.2 Å². The van der Waals surface area contributed by atoms with Crippen LogP contribution in [0.5, 0.6) is 5.75 Å². The van der Waals surface area contributed by atoms with Gasteiger partial charge in [-0.15, -0.1) is 0 Å². The van der Waals surface area contributed by atoms with E-state index in [9.17, 15) is 9.59 Å². The Morgan fingerprint density at radius 2 is 1.96 bits per heavy atom. The van der Waals surface area contributed by atoms with Crippen LogP contribution in [0.3, 0.4) is 0 Å². The summed E-state index contributed by atoms with van der Waals surface area (Å²) in [6.45, 7) is 0. The summed E-state index contributed by atoms with van der Waals surface area (Å²) in [4.78, 5) is 24.8. The minimum absolute atomic E-state index is 0.151. The summed E-state index contributed by atoms with van der Waals surface area (Å²) >= 11 is 0. The van der Waals surface area contributed by atoms with E-state index in [2.05, 4.69) is 5.32 Å². The molecule has 1 aliphatic carbocycles. The maximum atomic E-state index is 12.6. The number of hydrogen-bond donors (Lipinski definition) is 1. The van der Waals surface area contributed by atoms with Gasteiger partial charge in [-0.1, -0.05) is 19.3 Å². The lowest BCUT2D eigenvalue weighted by molar-refractivity contribution is -0.152. The third kappa shape index (κ3) is 3.48. The molecule has 2 aromatic rings. The number of amides is 1. The number of esters is 1. The molecule has 1 saturated carbocycles. The molecule has 6 heteroatoms. The maximum absolute atomic E-state index is 12.6. The van der Waals surface area contributed by atoms with Crippen molar-refractivity contribution in [2.24, 2.45) is 0 Å². The van der Waals surface area contributed by atoms with Gasteiger partial charge in [0.25, 0.3) is 0 Å². The summed E-state index contributed by atoms with van der Waals surface area (Å²) in [6.07, 6.45) is 5.85. The number of furan rings is 1. The number of rotatable bonds is 5. The van der Waals surface area contributed by atoms with Crippen molar-refractivity contribution in [2.75, 3.05) is 14.2 Å². The van der Waals surface area contributed by atoms with E-state index in [1.165, 1.54) is 7.11 Å². The van der Waals surface area contributed by atoms with Crippen molar-refractivity contribution < 1.29 is 23.5 Å². The summed E-state index contributed by atoms with van der Waals surface area (Å²) in [5.41, 5.74) is 0.556. The van der Waals surface area contributed by atoms with Gasteiger partial charge in [0.2, 0.25) is 5.91 Å². The largest absolute Gasteiger partial charge is 0.497 e. The molecule has 134 valence electrons. The lowest BCUT2D eigenvalue weighted by Gasteiger charge is -2.35. The van der Waals surface area contributed by atoms with Crippen LogP contribution in [0.25, 0.3) is 11.0 Å². The van der Waals surface area contributed by atoms with E-state index in [0.29, 0.717) is 24.2 Å². The Morgan fingerprint density at radius 1 is 1.20 bits per heavy atom. The van der Waals surface area contributed by atoms with Crippen molar-refractivity contribution in [2.45, 2.75) is 44.1 Å². The highest BCUT2D eigenvalue weighted by Crippen LogP contribution is 2.30. The number of fused-ring (bicyclic) bond motifs is 1. The number of methoxy groups -OCH3 is 2. The molecule has 0 bridgehead atoms. The zero-order valence-corrected chi connectivity index (χ0v) is 14.6. The van der Waals surface area contributed by atoms with Crippen LogP contribution in [0, 0.1) is 0 Å². The fourth-order valence-corrected chi connectivity index (χ4v) is 3.54. The molecule has 0 spiro atoms. The summed E-state index contributed by atoms with van der Waals surface area (Å²) < 4.78 is 15.6. The predicted octanol–water partition coefficient (Wildman–Crippen LogP) is 2.98. The number of benzene rings is 1. The normalized spacial score (nSPS) is 16.4. The number of carbonyl (C=O) groups is 2. The highest BCUT2D eigenvalue weighted by molar-refractivity contribution is 5.92. The Labute approximate surface area is 146 Å². The molecule has 1 aromatic carbocycles. The molecule has 3 rings (SSSR count). The number of carbonyl (C=O) groups excluding carboxylic acids is 2. The van der Waals surface area contributed by atoms with E-state index < -0.39 is 5.54 Å². The fourth-order valence-electron chi connectivity index (χ4n) is 3.54. The average Bonchev–Trinajstić information content (AvgIpc) is 3.03. The zero-order chi connectivity index (χ0) is 17.9. The molecule has 6 nitrogen and oxygen atoms in total. The molecular weight excluding hydrogens is 322 g/mol. The second kappa shape index (κ2) is 7.17. The summed E-state index contributed by atoms with van der Waals surface area (Å²) in [5, 5.41) is 3.80. The monoisotopic (exact) mass is 345 g/mol. The van der Waals surface area contributed by atoms with Crippen LogP contribution in [0.2, 0.25) is 0 Å². The molecule has 1 N–H and O–H groups in total. The molecule has 0 atom stereocenters. The van der Waals surface area contributed by atoms with Gasteiger partial charge in [0.1, 0.15) is 16.9 Å². The Kier molecular flexibility index (Phi) is 4.97. The van der Waals surface area contributed by atoms with E-state index in [4.69, 9.17) is 13.9 Å². The van der Waals surface area contributed by atoms with Crippen molar-refractivity contribution >= 4 is 22.8 Å². The SMILES string of the molecule is COC(=O)C1(NC(=O)Cc2coc3cc(OC)ccc23)CCCCC1. The Morgan fingerprint density at radius 3 is 2.64 bits per heavy atom. The zero-order valence-electron chi connectivity index (χ0n) is 14.6. The van der Waals surface area contributed by atoms with E-state index in [0.717, 1.165) is 30.2 Å². The first-order valence-corrected chi connectivity index (χ1v) is 8.51. The van der Waals surface area contributed by atoms with Crippen LogP contribution in [0.1, 0.15) is 37.7 Å². The van der Waals surface area contributed by atoms with Crippen molar-refractivity contribution in [1.29, 1.82) is 0 Å². The van der Waals surface area contributed by atoms with Gasteiger partial charge in [0.05, 0.1) is 26.9 Å². The molecule has 1 heterocycles. The van der Waals surface area contributed by atoms with Gasteiger partial charge in [-0.25, -0.2) is 4.79 Å². The summed E-state index contributed by atoms with van der Waals surface area (Å²) in [7, 11) is 2.96. The van der Waals surface area contributed by atoms with Crippen LogP contribution < -0.4 is 10.1 Å². The van der Waals surface area contributed by atoms with Crippen molar-refractivity contribution in [3.8, 4) is 5.75 Å². The van der Waals surface area contributed by atoms with E-state index >= 15 is 0 Å². The Hall–Kier alpha value is -2.50. The predicted molar refractivity (Wildman–Crippen MR) is 92.4 cm³/mol. The highest BCUT2D eigenvalue weighted by Gasteiger charge is 2.41. The van der Waals surface area contributed by atoms with E-state index in [1.54, 1.807) is 19.4 Å². The Bertz CT molecular complexity index is 773. The molecule has 25 heavy (non-hydrogen) atoms. The van der Waals surface area contributed by atoms with Crippen LogP contribution in [0.15, 0.2) is 28.9 Å². The van der Waals surface area contributed by atoms with Gasteiger partial charge >= 0.3 is 5.97 Å². The molecule has 1 aliphatic rings. The third-order valence-electron chi connectivity index (χ3n) is 4.88. The molecule has 0 aliphatic heterocycles. The summed E-state index contributed by atoms with van der Waals surface area (Å²) in [6, 6.07) is 5.49. The first-order chi connectivity index (χ1) is 12.1. The molecule has 1 amide bonds. The Balaban J connectivity index is 1.76. The minimum Gasteiger partial charge on any atom is -0.497 e. The van der Waals surface area contributed by atoms with Crippen LogP contribution in [-0.4, -0.2) is 31.6 Å². The maximum Gasteiger partial charge on any atom is 0.331 e. The highest BCUT2D eigenvalue weighted by atomic mass is 16.5. The second-order valence-electron chi connectivity index (χ2n) is 6.48. The van der Waals surface area contributed by atoms with Crippen molar-refractivity contribution in [1.82, 2.24) is 5.32 Å². The van der Waals surface area contributed by atoms with Crippen molar-refractivity contribution in [3.63, 3.8) is 0 Å².